The normalized spacial score (nSPS) is 16.2. The molecule has 4 nitrogen and oxygen atoms in total. The van der Waals surface area contributed by atoms with Crippen molar-refractivity contribution in [1.82, 2.24) is 14.8 Å². The summed E-state index contributed by atoms with van der Waals surface area (Å²) in [4.78, 5) is 21.4. The molecule has 24 heavy (non-hydrogen) atoms. The first-order valence-corrected chi connectivity index (χ1v) is 8.59. The van der Waals surface area contributed by atoms with E-state index in [4.69, 9.17) is 0 Å². The first kappa shape index (κ1) is 16.7. The van der Waals surface area contributed by atoms with E-state index in [-0.39, 0.29) is 5.91 Å². The molecule has 1 fully saturated rings. The van der Waals surface area contributed by atoms with Gasteiger partial charge in [-0.05, 0) is 37.1 Å². The van der Waals surface area contributed by atoms with E-state index in [2.05, 4.69) is 35.0 Å². The van der Waals surface area contributed by atoms with Gasteiger partial charge >= 0.3 is 0 Å². The number of nitrogens with zero attached hydrogens (tertiary/aromatic N) is 3. The van der Waals surface area contributed by atoms with Crippen LogP contribution < -0.4 is 0 Å². The van der Waals surface area contributed by atoms with E-state index < -0.39 is 0 Å². The Morgan fingerprint density at radius 2 is 1.79 bits per heavy atom. The third-order valence-electron chi connectivity index (χ3n) is 4.63. The van der Waals surface area contributed by atoms with Crippen LogP contribution in [0.1, 0.15) is 28.9 Å². The number of carbonyl (C=O) groups excluding carboxylic acids is 1. The molecule has 0 saturated carbocycles. The van der Waals surface area contributed by atoms with Crippen LogP contribution >= 0.6 is 0 Å². The van der Waals surface area contributed by atoms with Gasteiger partial charge in [-0.1, -0.05) is 30.3 Å². The average Bonchev–Trinajstić information content (AvgIpc) is 2.73. The van der Waals surface area contributed by atoms with Crippen molar-refractivity contribution in [3.8, 4) is 0 Å². The number of hydrogen-bond donors (Lipinski definition) is 0. The summed E-state index contributed by atoms with van der Waals surface area (Å²) < 4.78 is 0. The number of amides is 1. The molecule has 0 aliphatic carbocycles. The minimum atomic E-state index is 0.248. The lowest BCUT2D eigenvalue weighted by atomic mass is 10.1. The largest absolute Gasteiger partial charge is 0.337 e. The summed E-state index contributed by atoms with van der Waals surface area (Å²) in [5, 5.41) is 0. The summed E-state index contributed by atoms with van der Waals surface area (Å²) in [5.74, 6) is 0.248. The van der Waals surface area contributed by atoms with E-state index in [1.54, 1.807) is 0 Å². The predicted octanol–water partition coefficient (Wildman–Crippen LogP) is 2.93. The molecular weight excluding hydrogens is 298 g/mol. The van der Waals surface area contributed by atoms with Crippen molar-refractivity contribution in [1.29, 1.82) is 0 Å². The molecule has 1 aliphatic rings. The van der Waals surface area contributed by atoms with E-state index in [9.17, 15) is 4.79 Å². The molecule has 0 spiro atoms. The number of benzene rings is 1. The Labute approximate surface area is 144 Å². The number of rotatable bonds is 4. The fourth-order valence-corrected chi connectivity index (χ4v) is 3.15. The second-order valence-electron chi connectivity index (χ2n) is 6.54. The van der Waals surface area contributed by atoms with Crippen molar-refractivity contribution in [2.75, 3.05) is 19.6 Å². The Morgan fingerprint density at radius 1 is 0.958 bits per heavy atom. The molecule has 0 N–H and O–H groups in total. The van der Waals surface area contributed by atoms with Crippen LogP contribution in [0, 0.1) is 13.8 Å². The lowest BCUT2D eigenvalue weighted by Crippen LogP contribution is -2.33. The van der Waals surface area contributed by atoms with Crippen molar-refractivity contribution in [2.45, 2.75) is 33.4 Å². The molecule has 3 rings (SSSR count). The summed E-state index contributed by atoms with van der Waals surface area (Å²) in [7, 11) is 0. The van der Waals surface area contributed by atoms with Gasteiger partial charge in [0, 0.05) is 44.8 Å². The highest BCUT2D eigenvalue weighted by molar-refractivity contribution is 5.76. The molecule has 2 aromatic rings. The molecule has 0 unspecified atom stereocenters. The second-order valence-corrected chi connectivity index (χ2v) is 6.54. The van der Waals surface area contributed by atoms with Gasteiger partial charge in [-0.25, -0.2) is 0 Å². The molecule has 0 atom stereocenters. The first-order chi connectivity index (χ1) is 11.6. The van der Waals surface area contributed by atoms with Crippen molar-refractivity contribution in [3.05, 3.63) is 65.0 Å². The first-order valence-electron chi connectivity index (χ1n) is 8.59. The number of pyridine rings is 1. The van der Waals surface area contributed by atoms with Crippen molar-refractivity contribution in [2.24, 2.45) is 0 Å². The van der Waals surface area contributed by atoms with E-state index in [1.807, 2.05) is 36.1 Å². The lowest BCUT2D eigenvalue weighted by molar-refractivity contribution is -0.130. The molecule has 126 valence electrons. The average molecular weight is 323 g/mol. The molecule has 4 heteroatoms. The van der Waals surface area contributed by atoms with Crippen LogP contribution in [0.3, 0.4) is 0 Å². The maximum atomic E-state index is 12.5. The van der Waals surface area contributed by atoms with Crippen LogP contribution in [0.4, 0.5) is 0 Å². The highest BCUT2D eigenvalue weighted by Crippen LogP contribution is 2.14. The number of carbonyl (C=O) groups is 1. The Bertz CT molecular complexity index is 714. The fraction of sp³-hybridized carbons (Fsp3) is 0.400. The molecule has 1 saturated heterocycles. The SMILES string of the molecule is Cc1cccc(CN2CCC(=O)N(Cc3ccccc3C)CC2)n1. The van der Waals surface area contributed by atoms with E-state index in [0.717, 1.165) is 37.6 Å². The van der Waals surface area contributed by atoms with Gasteiger partial charge in [0.25, 0.3) is 0 Å². The summed E-state index contributed by atoms with van der Waals surface area (Å²) in [5.41, 5.74) is 4.60. The third kappa shape index (κ3) is 4.20. The Kier molecular flexibility index (Phi) is 5.26. The summed E-state index contributed by atoms with van der Waals surface area (Å²) in [6.45, 7) is 8.12. The Balaban J connectivity index is 1.63. The zero-order valence-corrected chi connectivity index (χ0v) is 14.5. The number of aromatic nitrogens is 1. The number of hydrogen-bond acceptors (Lipinski definition) is 3. The summed E-state index contributed by atoms with van der Waals surface area (Å²) in [6, 6.07) is 14.4. The molecular formula is C20H25N3O. The molecule has 1 aromatic heterocycles. The second kappa shape index (κ2) is 7.58. The monoisotopic (exact) mass is 323 g/mol. The quantitative estimate of drug-likeness (QED) is 0.868. The molecule has 1 aliphatic heterocycles. The minimum Gasteiger partial charge on any atom is -0.337 e. The minimum absolute atomic E-state index is 0.248. The molecule has 1 amide bonds. The van der Waals surface area contributed by atoms with Gasteiger partial charge in [0.15, 0.2) is 0 Å². The summed E-state index contributed by atoms with van der Waals surface area (Å²) in [6.07, 6.45) is 0.581. The molecule has 1 aromatic carbocycles. The maximum Gasteiger partial charge on any atom is 0.224 e. The van der Waals surface area contributed by atoms with E-state index in [0.29, 0.717) is 13.0 Å². The fourth-order valence-electron chi connectivity index (χ4n) is 3.15. The van der Waals surface area contributed by atoms with Gasteiger partial charge in [-0.2, -0.15) is 0 Å². The van der Waals surface area contributed by atoms with Gasteiger partial charge in [0.1, 0.15) is 0 Å². The molecule has 2 heterocycles. The highest BCUT2D eigenvalue weighted by atomic mass is 16.2. The van der Waals surface area contributed by atoms with E-state index in [1.165, 1.54) is 11.1 Å². The van der Waals surface area contributed by atoms with Crippen molar-refractivity contribution in [3.63, 3.8) is 0 Å². The summed E-state index contributed by atoms with van der Waals surface area (Å²) >= 11 is 0. The predicted molar refractivity (Wildman–Crippen MR) is 95.5 cm³/mol. The van der Waals surface area contributed by atoms with Crippen LogP contribution in [0.2, 0.25) is 0 Å². The zero-order chi connectivity index (χ0) is 16.9. The lowest BCUT2D eigenvalue weighted by Gasteiger charge is -2.22. The van der Waals surface area contributed by atoms with Crippen LogP contribution in [0.25, 0.3) is 0 Å². The van der Waals surface area contributed by atoms with E-state index >= 15 is 0 Å². The molecule has 0 bridgehead atoms. The third-order valence-corrected chi connectivity index (χ3v) is 4.63. The maximum absolute atomic E-state index is 12.5. The zero-order valence-electron chi connectivity index (χ0n) is 14.5. The van der Waals surface area contributed by atoms with Crippen LogP contribution in [0.15, 0.2) is 42.5 Å². The van der Waals surface area contributed by atoms with Gasteiger partial charge in [-0.3, -0.25) is 14.7 Å². The molecule has 0 radical (unpaired) electrons. The van der Waals surface area contributed by atoms with Gasteiger partial charge in [-0.15, -0.1) is 0 Å². The topological polar surface area (TPSA) is 36.4 Å². The highest BCUT2D eigenvalue weighted by Gasteiger charge is 2.21. The standard InChI is InChI=1S/C20H25N3O/c1-16-6-3-4-8-18(16)14-23-13-12-22(11-10-20(23)24)15-19-9-5-7-17(2)21-19/h3-9H,10-15H2,1-2H3. The van der Waals surface area contributed by atoms with Crippen LogP contribution in [0.5, 0.6) is 0 Å². The van der Waals surface area contributed by atoms with Crippen LogP contribution in [-0.2, 0) is 17.9 Å². The van der Waals surface area contributed by atoms with Gasteiger partial charge in [0.05, 0.1) is 5.69 Å². The van der Waals surface area contributed by atoms with Gasteiger partial charge < -0.3 is 4.90 Å². The Hall–Kier alpha value is -2.20. The number of aryl methyl sites for hydroxylation is 2. The van der Waals surface area contributed by atoms with Gasteiger partial charge in [0.2, 0.25) is 5.91 Å². The van der Waals surface area contributed by atoms with Crippen molar-refractivity contribution >= 4 is 5.91 Å². The smallest absolute Gasteiger partial charge is 0.224 e. The van der Waals surface area contributed by atoms with Crippen molar-refractivity contribution < 1.29 is 4.79 Å². The van der Waals surface area contributed by atoms with Crippen LogP contribution in [-0.4, -0.2) is 40.3 Å². The Morgan fingerprint density at radius 3 is 2.58 bits per heavy atom.